The first-order chi connectivity index (χ1) is 8.08. The standard InChI is InChI=1S/C12H15NO3S/c1-7-5-6-10(17-7)11(14)13-9-4-2-3-8(9)12(15)16/h5-6,8-9H,2-4H2,1H3,(H,13,14)(H,15,16). The van der Waals surface area contributed by atoms with Gasteiger partial charge in [-0.05, 0) is 31.9 Å². The third-order valence-electron chi connectivity index (χ3n) is 3.11. The first-order valence-electron chi connectivity index (χ1n) is 5.68. The van der Waals surface area contributed by atoms with Crippen LogP contribution >= 0.6 is 11.3 Å². The Balaban J connectivity index is 2.01. The van der Waals surface area contributed by atoms with E-state index in [1.165, 1.54) is 11.3 Å². The zero-order chi connectivity index (χ0) is 12.4. The third kappa shape index (κ3) is 2.66. The molecule has 0 bridgehead atoms. The van der Waals surface area contributed by atoms with Crippen LogP contribution in [0.1, 0.15) is 33.8 Å². The highest BCUT2D eigenvalue weighted by molar-refractivity contribution is 7.13. The van der Waals surface area contributed by atoms with E-state index in [2.05, 4.69) is 5.32 Å². The quantitative estimate of drug-likeness (QED) is 0.866. The van der Waals surface area contributed by atoms with E-state index < -0.39 is 11.9 Å². The molecule has 4 nitrogen and oxygen atoms in total. The number of hydrogen-bond acceptors (Lipinski definition) is 3. The molecule has 0 aliphatic heterocycles. The summed E-state index contributed by atoms with van der Waals surface area (Å²) in [4.78, 5) is 24.6. The Morgan fingerprint density at radius 1 is 1.41 bits per heavy atom. The van der Waals surface area contributed by atoms with Gasteiger partial charge in [-0.3, -0.25) is 9.59 Å². The van der Waals surface area contributed by atoms with Gasteiger partial charge >= 0.3 is 5.97 Å². The Morgan fingerprint density at radius 2 is 2.18 bits per heavy atom. The number of aryl methyl sites for hydroxylation is 1. The molecule has 1 aliphatic rings. The summed E-state index contributed by atoms with van der Waals surface area (Å²) in [7, 11) is 0. The molecule has 5 heteroatoms. The van der Waals surface area contributed by atoms with Gasteiger partial charge in [-0.25, -0.2) is 0 Å². The van der Waals surface area contributed by atoms with E-state index in [4.69, 9.17) is 5.11 Å². The highest BCUT2D eigenvalue weighted by Gasteiger charge is 2.34. The second-order valence-corrected chi connectivity index (χ2v) is 5.65. The smallest absolute Gasteiger partial charge is 0.308 e. The molecule has 0 spiro atoms. The topological polar surface area (TPSA) is 66.4 Å². The molecule has 2 atom stereocenters. The van der Waals surface area contributed by atoms with Crippen molar-refractivity contribution in [2.24, 2.45) is 5.92 Å². The van der Waals surface area contributed by atoms with Gasteiger partial charge in [0.1, 0.15) is 0 Å². The number of carbonyl (C=O) groups is 2. The minimum absolute atomic E-state index is 0.152. The summed E-state index contributed by atoms with van der Waals surface area (Å²) in [5.41, 5.74) is 0. The van der Waals surface area contributed by atoms with Gasteiger partial charge in [-0.15, -0.1) is 11.3 Å². The number of rotatable bonds is 3. The third-order valence-corrected chi connectivity index (χ3v) is 4.11. The molecular weight excluding hydrogens is 238 g/mol. The molecule has 1 amide bonds. The van der Waals surface area contributed by atoms with Crippen molar-refractivity contribution in [3.05, 3.63) is 21.9 Å². The van der Waals surface area contributed by atoms with Crippen LogP contribution in [-0.4, -0.2) is 23.0 Å². The Kier molecular flexibility index (Phi) is 3.47. The van der Waals surface area contributed by atoms with Gasteiger partial charge in [0.25, 0.3) is 5.91 Å². The molecule has 0 saturated heterocycles. The molecule has 1 saturated carbocycles. The fourth-order valence-electron chi connectivity index (χ4n) is 2.22. The van der Waals surface area contributed by atoms with Crippen LogP contribution in [0.4, 0.5) is 0 Å². The van der Waals surface area contributed by atoms with E-state index in [1.54, 1.807) is 6.07 Å². The van der Waals surface area contributed by atoms with Crippen LogP contribution in [0.3, 0.4) is 0 Å². The van der Waals surface area contributed by atoms with Gasteiger partial charge in [0.2, 0.25) is 0 Å². The van der Waals surface area contributed by atoms with E-state index in [0.29, 0.717) is 11.3 Å². The van der Waals surface area contributed by atoms with Crippen LogP contribution in [0.25, 0.3) is 0 Å². The molecule has 1 fully saturated rings. The van der Waals surface area contributed by atoms with Gasteiger partial charge in [-0.2, -0.15) is 0 Å². The van der Waals surface area contributed by atoms with Gasteiger partial charge in [0.05, 0.1) is 10.8 Å². The van der Waals surface area contributed by atoms with Crippen LogP contribution < -0.4 is 5.32 Å². The Hall–Kier alpha value is -1.36. The molecule has 92 valence electrons. The number of hydrogen-bond donors (Lipinski definition) is 2. The summed E-state index contributed by atoms with van der Waals surface area (Å²) in [6.45, 7) is 1.94. The molecule has 0 radical (unpaired) electrons. The van der Waals surface area contributed by atoms with Crippen molar-refractivity contribution in [2.45, 2.75) is 32.2 Å². The number of aliphatic carboxylic acids is 1. The molecule has 1 heterocycles. The number of thiophene rings is 1. The van der Waals surface area contributed by atoms with Gasteiger partial charge in [0, 0.05) is 10.9 Å². The van der Waals surface area contributed by atoms with Crippen molar-refractivity contribution < 1.29 is 14.7 Å². The van der Waals surface area contributed by atoms with Crippen molar-refractivity contribution in [1.29, 1.82) is 0 Å². The van der Waals surface area contributed by atoms with Crippen LogP contribution in [0, 0.1) is 12.8 Å². The molecule has 1 aliphatic carbocycles. The fourth-order valence-corrected chi connectivity index (χ4v) is 3.00. The Labute approximate surface area is 104 Å². The normalized spacial score (nSPS) is 23.6. The minimum Gasteiger partial charge on any atom is -0.481 e. The van der Waals surface area contributed by atoms with Crippen molar-refractivity contribution in [2.75, 3.05) is 0 Å². The molecule has 0 aromatic carbocycles. The maximum absolute atomic E-state index is 11.9. The monoisotopic (exact) mass is 253 g/mol. The van der Waals surface area contributed by atoms with Crippen molar-refractivity contribution in [3.8, 4) is 0 Å². The summed E-state index contributed by atoms with van der Waals surface area (Å²) in [5.74, 6) is -1.39. The lowest BCUT2D eigenvalue weighted by atomic mass is 10.0. The van der Waals surface area contributed by atoms with Gasteiger partial charge in [0.15, 0.2) is 0 Å². The summed E-state index contributed by atoms with van der Waals surface area (Å²) in [5, 5.41) is 11.9. The van der Waals surface area contributed by atoms with Gasteiger partial charge < -0.3 is 10.4 Å². The predicted octanol–water partition coefficient (Wildman–Crippen LogP) is 2.04. The number of carbonyl (C=O) groups excluding carboxylic acids is 1. The molecule has 2 N–H and O–H groups in total. The van der Waals surface area contributed by atoms with Crippen LogP contribution in [0.2, 0.25) is 0 Å². The van der Waals surface area contributed by atoms with Crippen molar-refractivity contribution >= 4 is 23.2 Å². The van der Waals surface area contributed by atoms with Crippen LogP contribution in [-0.2, 0) is 4.79 Å². The van der Waals surface area contributed by atoms with E-state index in [0.717, 1.165) is 17.7 Å². The Bertz CT molecular complexity index is 441. The lowest BCUT2D eigenvalue weighted by Crippen LogP contribution is -2.39. The first-order valence-corrected chi connectivity index (χ1v) is 6.49. The lowest BCUT2D eigenvalue weighted by molar-refractivity contribution is -0.142. The van der Waals surface area contributed by atoms with Crippen LogP contribution in [0.15, 0.2) is 12.1 Å². The maximum atomic E-state index is 11.9. The average Bonchev–Trinajstić information content (AvgIpc) is 2.86. The van der Waals surface area contributed by atoms with E-state index in [1.807, 2.05) is 13.0 Å². The second kappa shape index (κ2) is 4.87. The SMILES string of the molecule is Cc1ccc(C(=O)NC2CCCC2C(=O)O)s1. The zero-order valence-electron chi connectivity index (χ0n) is 9.60. The molecule has 1 aromatic rings. The Morgan fingerprint density at radius 3 is 2.76 bits per heavy atom. The first kappa shape index (κ1) is 12.1. The summed E-state index contributed by atoms with van der Waals surface area (Å²) in [6, 6.07) is 3.45. The largest absolute Gasteiger partial charge is 0.481 e. The molecule has 17 heavy (non-hydrogen) atoms. The number of nitrogens with one attached hydrogen (secondary N) is 1. The average molecular weight is 253 g/mol. The lowest BCUT2D eigenvalue weighted by Gasteiger charge is -2.16. The zero-order valence-corrected chi connectivity index (χ0v) is 10.4. The molecular formula is C12H15NO3S. The van der Waals surface area contributed by atoms with E-state index in [-0.39, 0.29) is 11.9 Å². The van der Waals surface area contributed by atoms with Crippen molar-refractivity contribution in [3.63, 3.8) is 0 Å². The van der Waals surface area contributed by atoms with E-state index in [9.17, 15) is 9.59 Å². The number of carboxylic acid groups (broad SMARTS) is 1. The summed E-state index contributed by atoms with van der Waals surface area (Å²) < 4.78 is 0. The van der Waals surface area contributed by atoms with E-state index >= 15 is 0 Å². The van der Waals surface area contributed by atoms with Gasteiger partial charge in [-0.1, -0.05) is 6.42 Å². The second-order valence-electron chi connectivity index (χ2n) is 4.37. The van der Waals surface area contributed by atoms with Crippen molar-refractivity contribution in [1.82, 2.24) is 5.32 Å². The highest BCUT2D eigenvalue weighted by atomic mass is 32.1. The maximum Gasteiger partial charge on any atom is 0.308 e. The molecule has 1 aromatic heterocycles. The fraction of sp³-hybridized carbons (Fsp3) is 0.500. The van der Waals surface area contributed by atoms with Crippen LogP contribution in [0.5, 0.6) is 0 Å². The molecule has 2 rings (SSSR count). The highest BCUT2D eigenvalue weighted by Crippen LogP contribution is 2.26. The number of carboxylic acids is 1. The summed E-state index contributed by atoms with van der Waals surface area (Å²) in [6.07, 6.45) is 2.28. The minimum atomic E-state index is -0.810. The number of amides is 1. The molecule has 2 unspecified atom stereocenters. The predicted molar refractivity (Wildman–Crippen MR) is 65.3 cm³/mol. The summed E-state index contributed by atoms with van der Waals surface area (Å²) >= 11 is 1.43.